The summed E-state index contributed by atoms with van der Waals surface area (Å²) in [4.78, 5) is 11.5. The molecule has 0 saturated carbocycles. The summed E-state index contributed by atoms with van der Waals surface area (Å²) in [5.41, 5.74) is 6.49. The topological polar surface area (TPSA) is 52.3 Å². The Morgan fingerprint density at radius 2 is 2.12 bits per heavy atom. The average molecular weight is 217 g/mol. The molecular formula is C13H15NO2. The van der Waals surface area contributed by atoms with Crippen molar-refractivity contribution in [1.29, 1.82) is 0 Å². The van der Waals surface area contributed by atoms with E-state index in [1.807, 2.05) is 6.92 Å². The third-order valence-electron chi connectivity index (χ3n) is 1.94. The lowest BCUT2D eigenvalue weighted by Gasteiger charge is -2.04. The van der Waals surface area contributed by atoms with Crippen LogP contribution in [0.3, 0.4) is 0 Å². The van der Waals surface area contributed by atoms with Gasteiger partial charge < -0.3 is 10.5 Å². The zero-order valence-electron chi connectivity index (χ0n) is 9.32. The molecule has 0 fully saturated rings. The van der Waals surface area contributed by atoms with Crippen LogP contribution < -0.4 is 5.73 Å². The van der Waals surface area contributed by atoms with Crippen LogP contribution in [0.5, 0.6) is 0 Å². The van der Waals surface area contributed by atoms with Crippen LogP contribution in [0.25, 0.3) is 0 Å². The molecule has 0 bridgehead atoms. The third-order valence-corrected chi connectivity index (χ3v) is 1.94. The largest absolute Gasteiger partial charge is 0.461 e. The van der Waals surface area contributed by atoms with Gasteiger partial charge in [-0.1, -0.05) is 25.0 Å². The molecule has 0 aliphatic heterocycles. The molecule has 0 saturated heterocycles. The van der Waals surface area contributed by atoms with E-state index >= 15 is 0 Å². The molecule has 0 radical (unpaired) electrons. The van der Waals surface area contributed by atoms with Gasteiger partial charge in [-0.05, 0) is 12.1 Å². The van der Waals surface area contributed by atoms with E-state index in [0.717, 1.165) is 6.42 Å². The van der Waals surface area contributed by atoms with Crippen LogP contribution >= 0.6 is 0 Å². The molecule has 0 aromatic heterocycles. The van der Waals surface area contributed by atoms with Gasteiger partial charge in [0, 0.05) is 18.5 Å². The van der Waals surface area contributed by atoms with E-state index in [1.54, 1.807) is 24.3 Å². The summed E-state index contributed by atoms with van der Waals surface area (Å²) in [5.74, 6) is 5.41. The highest BCUT2D eigenvalue weighted by atomic mass is 16.5. The first-order valence-corrected chi connectivity index (χ1v) is 5.23. The molecule has 84 valence electrons. The highest BCUT2D eigenvalue weighted by molar-refractivity contribution is 5.94. The van der Waals surface area contributed by atoms with Crippen LogP contribution in [0, 0.1) is 11.8 Å². The average Bonchev–Trinajstić information content (AvgIpc) is 2.29. The molecule has 1 aromatic rings. The number of rotatable bonds is 3. The van der Waals surface area contributed by atoms with Crippen molar-refractivity contribution in [2.75, 3.05) is 12.3 Å². The highest BCUT2D eigenvalue weighted by Crippen LogP contribution is 2.11. The quantitative estimate of drug-likeness (QED) is 0.365. The molecule has 0 unspecified atom stereocenters. The monoisotopic (exact) mass is 217 g/mol. The molecule has 0 atom stereocenters. The standard InChI is InChI=1S/C13H15NO2/c1-2-3-4-7-10-16-13(15)11-8-5-6-9-12(11)14/h5-6,8-9H,2,7,10,14H2,1H3. The van der Waals surface area contributed by atoms with Crippen molar-refractivity contribution in [3.63, 3.8) is 0 Å². The molecule has 3 heteroatoms. The maximum atomic E-state index is 11.5. The summed E-state index contributed by atoms with van der Waals surface area (Å²) in [7, 11) is 0. The summed E-state index contributed by atoms with van der Waals surface area (Å²) in [6.45, 7) is 2.28. The van der Waals surface area contributed by atoms with Crippen molar-refractivity contribution in [1.82, 2.24) is 0 Å². The van der Waals surface area contributed by atoms with Gasteiger partial charge in [-0.15, -0.1) is 5.92 Å². The molecule has 0 aliphatic carbocycles. The third kappa shape index (κ3) is 3.66. The highest BCUT2D eigenvalue weighted by Gasteiger charge is 2.09. The Hall–Kier alpha value is -1.95. The van der Waals surface area contributed by atoms with Gasteiger partial charge in [-0.25, -0.2) is 4.79 Å². The van der Waals surface area contributed by atoms with Gasteiger partial charge in [-0.3, -0.25) is 0 Å². The van der Waals surface area contributed by atoms with Crippen LogP contribution in [0.4, 0.5) is 5.69 Å². The van der Waals surface area contributed by atoms with Gasteiger partial charge >= 0.3 is 5.97 Å². The molecule has 0 amide bonds. The Labute approximate surface area is 95.6 Å². The predicted octanol–water partition coefficient (Wildman–Crippen LogP) is 2.23. The number of esters is 1. The number of anilines is 1. The molecular weight excluding hydrogens is 202 g/mol. The summed E-state index contributed by atoms with van der Waals surface area (Å²) in [6, 6.07) is 6.85. The Morgan fingerprint density at radius 3 is 2.81 bits per heavy atom. The zero-order chi connectivity index (χ0) is 11.8. The SMILES string of the molecule is CCC#CCCOC(=O)c1ccccc1N. The normalized spacial score (nSPS) is 9.06. The van der Waals surface area contributed by atoms with Crippen LogP contribution in [-0.4, -0.2) is 12.6 Å². The smallest absolute Gasteiger partial charge is 0.340 e. The van der Waals surface area contributed by atoms with E-state index in [0.29, 0.717) is 24.3 Å². The summed E-state index contributed by atoms with van der Waals surface area (Å²) >= 11 is 0. The van der Waals surface area contributed by atoms with Crippen molar-refractivity contribution in [3.8, 4) is 11.8 Å². The molecule has 3 nitrogen and oxygen atoms in total. The van der Waals surface area contributed by atoms with Gasteiger partial charge in [0.05, 0.1) is 5.56 Å². The van der Waals surface area contributed by atoms with Gasteiger partial charge in [0.1, 0.15) is 6.61 Å². The minimum atomic E-state index is -0.392. The lowest BCUT2D eigenvalue weighted by atomic mass is 10.2. The van der Waals surface area contributed by atoms with Crippen LogP contribution in [0.2, 0.25) is 0 Å². The lowest BCUT2D eigenvalue weighted by molar-refractivity contribution is 0.0515. The van der Waals surface area contributed by atoms with E-state index < -0.39 is 5.97 Å². The van der Waals surface area contributed by atoms with Crippen LogP contribution in [0.15, 0.2) is 24.3 Å². The van der Waals surface area contributed by atoms with Crippen molar-refractivity contribution >= 4 is 11.7 Å². The number of ether oxygens (including phenoxy) is 1. The Morgan fingerprint density at radius 1 is 1.38 bits per heavy atom. The fourth-order valence-electron chi connectivity index (χ4n) is 1.17. The second-order valence-electron chi connectivity index (χ2n) is 3.18. The van der Waals surface area contributed by atoms with E-state index in [9.17, 15) is 4.79 Å². The maximum absolute atomic E-state index is 11.5. The van der Waals surface area contributed by atoms with Crippen molar-refractivity contribution < 1.29 is 9.53 Å². The number of para-hydroxylation sites is 1. The minimum Gasteiger partial charge on any atom is -0.461 e. The number of nitrogen functional groups attached to an aromatic ring is 1. The van der Waals surface area contributed by atoms with Crippen LogP contribution in [-0.2, 0) is 4.74 Å². The first kappa shape index (κ1) is 12.1. The van der Waals surface area contributed by atoms with E-state index in [1.165, 1.54) is 0 Å². The molecule has 0 spiro atoms. The lowest BCUT2D eigenvalue weighted by Crippen LogP contribution is -2.08. The summed E-state index contributed by atoms with van der Waals surface area (Å²) < 4.78 is 5.03. The van der Waals surface area contributed by atoms with Gasteiger partial charge in [0.15, 0.2) is 0 Å². The van der Waals surface area contributed by atoms with Crippen LogP contribution in [0.1, 0.15) is 30.1 Å². The van der Waals surface area contributed by atoms with Gasteiger partial charge in [0.2, 0.25) is 0 Å². The second-order valence-corrected chi connectivity index (χ2v) is 3.18. The number of hydrogen-bond acceptors (Lipinski definition) is 3. The second kappa shape index (κ2) is 6.52. The van der Waals surface area contributed by atoms with Crippen molar-refractivity contribution in [3.05, 3.63) is 29.8 Å². The maximum Gasteiger partial charge on any atom is 0.340 e. The molecule has 0 aliphatic rings. The molecule has 16 heavy (non-hydrogen) atoms. The zero-order valence-corrected chi connectivity index (χ0v) is 9.32. The number of benzene rings is 1. The van der Waals surface area contributed by atoms with E-state index in [-0.39, 0.29) is 0 Å². The Kier molecular flexibility index (Phi) is 4.94. The fraction of sp³-hybridized carbons (Fsp3) is 0.308. The number of carbonyl (C=O) groups excluding carboxylic acids is 1. The van der Waals surface area contributed by atoms with E-state index in [2.05, 4.69) is 11.8 Å². The Balaban J connectivity index is 2.44. The van der Waals surface area contributed by atoms with Crippen molar-refractivity contribution in [2.24, 2.45) is 0 Å². The summed E-state index contributed by atoms with van der Waals surface area (Å²) in [5, 5.41) is 0. The number of hydrogen-bond donors (Lipinski definition) is 1. The first-order valence-electron chi connectivity index (χ1n) is 5.23. The Bertz CT molecular complexity index is 415. The summed E-state index contributed by atoms with van der Waals surface area (Å²) in [6.07, 6.45) is 1.38. The molecule has 1 rings (SSSR count). The molecule has 0 heterocycles. The minimum absolute atomic E-state index is 0.306. The van der Waals surface area contributed by atoms with Gasteiger partial charge in [0.25, 0.3) is 0 Å². The molecule has 1 aromatic carbocycles. The fourth-order valence-corrected chi connectivity index (χ4v) is 1.17. The van der Waals surface area contributed by atoms with E-state index in [4.69, 9.17) is 10.5 Å². The number of nitrogens with two attached hydrogens (primary N) is 1. The molecule has 2 N–H and O–H groups in total. The van der Waals surface area contributed by atoms with Gasteiger partial charge in [-0.2, -0.15) is 0 Å². The predicted molar refractivity (Wildman–Crippen MR) is 63.8 cm³/mol. The van der Waals surface area contributed by atoms with Crippen molar-refractivity contribution in [2.45, 2.75) is 19.8 Å². The number of carbonyl (C=O) groups is 1. The first-order chi connectivity index (χ1) is 7.75.